The summed E-state index contributed by atoms with van der Waals surface area (Å²) >= 11 is 0. The lowest BCUT2D eigenvalue weighted by Gasteiger charge is -2.13. The van der Waals surface area contributed by atoms with Gasteiger partial charge in [-0.2, -0.15) is 0 Å². The van der Waals surface area contributed by atoms with Crippen LogP contribution in [0.25, 0.3) is 0 Å². The lowest BCUT2D eigenvalue weighted by molar-refractivity contribution is 0.198. The number of aliphatic hydroxyl groups is 1. The number of aliphatic hydroxyl groups excluding tert-OH is 1. The predicted octanol–water partition coefficient (Wildman–Crippen LogP) is 3.43. The quantitative estimate of drug-likeness (QED) is 0.936. The highest BCUT2D eigenvalue weighted by molar-refractivity contribution is 5.40. The van der Waals surface area contributed by atoms with Gasteiger partial charge in [-0.1, -0.05) is 24.3 Å². The molecule has 1 aliphatic rings. The number of fused-ring (bicyclic) bond motifs is 1. The Balaban J connectivity index is 1.69. The fourth-order valence-corrected chi connectivity index (χ4v) is 2.45. The molecule has 0 amide bonds. The molecule has 2 aromatic rings. The summed E-state index contributed by atoms with van der Waals surface area (Å²) in [4.78, 5) is 0. The van der Waals surface area contributed by atoms with E-state index in [1.54, 1.807) is 19.1 Å². The van der Waals surface area contributed by atoms with E-state index in [9.17, 15) is 9.50 Å². The molecule has 0 saturated heterocycles. The van der Waals surface area contributed by atoms with Crippen LogP contribution in [0.15, 0.2) is 42.5 Å². The maximum absolute atomic E-state index is 13.9. The SMILES string of the molecule is C[C@@H](O)c1ccc(OCC2COc3ccccc32)c(F)c1. The van der Waals surface area contributed by atoms with Crippen LogP contribution in [0.5, 0.6) is 11.5 Å². The minimum Gasteiger partial charge on any atom is -0.493 e. The molecule has 2 atom stereocenters. The van der Waals surface area contributed by atoms with Crippen LogP contribution in [0.1, 0.15) is 30.1 Å². The van der Waals surface area contributed by atoms with Gasteiger partial charge < -0.3 is 14.6 Å². The Hall–Kier alpha value is -2.07. The van der Waals surface area contributed by atoms with Crippen molar-refractivity contribution in [1.29, 1.82) is 0 Å². The van der Waals surface area contributed by atoms with Gasteiger partial charge in [0.1, 0.15) is 5.75 Å². The number of halogens is 1. The summed E-state index contributed by atoms with van der Waals surface area (Å²) in [6.07, 6.45) is -0.691. The summed E-state index contributed by atoms with van der Waals surface area (Å²) in [7, 11) is 0. The first-order valence-corrected chi connectivity index (χ1v) is 6.97. The highest BCUT2D eigenvalue weighted by atomic mass is 19.1. The average Bonchev–Trinajstić information content (AvgIpc) is 2.89. The fraction of sp³-hybridized carbons (Fsp3) is 0.294. The molecule has 4 heteroatoms. The summed E-state index contributed by atoms with van der Waals surface area (Å²) in [5, 5.41) is 9.43. The molecule has 0 aliphatic carbocycles. The zero-order valence-corrected chi connectivity index (χ0v) is 11.8. The van der Waals surface area contributed by atoms with E-state index >= 15 is 0 Å². The maximum atomic E-state index is 13.9. The first kappa shape index (κ1) is 13.9. The Morgan fingerprint density at radius 3 is 2.90 bits per heavy atom. The molecule has 21 heavy (non-hydrogen) atoms. The Bertz CT molecular complexity index is 640. The van der Waals surface area contributed by atoms with Gasteiger partial charge >= 0.3 is 0 Å². The lowest BCUT2D eigenvalue weighted by atomic mass is 10.0. The highest BCUT2D eigenvalue weighted by Crippen LogP contribution is 2.34. The highest BCUT2D eigenvalue weighted by Gasteiger charge is 2.24. The number of ether oxygens (including phenoxy) is 2. The third kappa shape index (κ3) is 2.85. The second-order valence-corrected chi connectivity index (χ2v) is 5.22. The van der Waals surface area contributed by atoms with E-state index in [0.29, 0.717) is 18.8 Å². The molecule has 1 unspecified atom stereocenters. The second-order valence-electron chi connectivity index (χ2n) is 5.22. The second kappa shape index (κ2) is 5.74. The molecule has 1 N–H and O–H groups in total. The smallest absolute Gasteiger partial charge is 0.165 e. The van der Waals surface area contributed by atoms with Crippen LogP contribution in [0.3, 0.4) is 0 Å². The summed E-state index contributed by atoms with van der Waals surface area (Å²) in [6, 6.07) is 12.3. The number of hydrogen-bond acceptors (Lipinski definition) is 3. The molecule has 1 aliphatic heterocycles. The van der Waals surface area contributed by atoms with Crippen LogP contribution in [-0.2, 0) is 0 Å². The van der Waals surface area contributed by atoms with Crippen molar-refractivity contribution in [3.8, 4) is 11.5 Å². The first-order chi connectivity index (χ1) is 10.1. The molecule has 0 saturated carbocycles. The van der Waals surface area contributed by atoms with Crippen molar-refractivity contribution >= 4 is 0 Å². The van der Waals surface area contributed by atoms with Crippen molar-refractivity contribution in [2.24, 2.45) is 0 Å². The van der Waals surface area contributed by atoms with Crippen molar-refractivity contribution in [1.82, 2.24) is 0 Å². The molecule has 0 fully saturated rings. The van der Waals surface area contributed by atoms with E-state index in [0.717, 1.165) is 11.3 Å². The molecular weight excluding hydrogens is 271 g/mol. The monoisotopic (exact) mass is 288 g/mol. The van der Waals surface area contributed by atoms with E-state index in [1.165, 1.54) is 6.07 Å². The zero-order chi connectivity index (χ0) is 14.8. The molecule has 3 rings (SSSR count). The van der Waals surface area contributed by atoms with E-state index < -0.39 is 11.9 Å². The molecule has 110 valence electrons. The van der Waals surface area contributed by atoms with Gasteiger partial charge in [-0.15, -0.1) is 0 Å². The summed E-state index contributed by atoms with van der Waals surface area (Å²) in [6.45, 7) is 2.51. The number of hydrogen-bond donors (Lipinski definition) is 1. The number of para-hydroxylation sites is 1. The number of rotatable bonds is 4. The van der Waals surface area contributed by atoms with Crippen molar-refractivity contribution in [3.05, 3.63) is 59.4 Å². The van der Waals surface area contributed by atoms with Crippen LogP contribution in [-0.4, -0.2) is 18.3 Å². The van der Waals surface area contributed by atoms with E-state index in [4.69, 9.17) is 9.47 Å². The summed E-state index contributed by atoms with van der Waals surface area (Å²) in [5.74, 6) is 0.720. The van der Waals surface area contributed by atoms with Crippen LogP contribution in [0, 0.1) is 5.82 Å². The Morgan fingerprint density at radius 2 is 2.14 bits per heavy atom. The molecule has 3 nitrogen and oxygen atoms in total. The van der Waals surface area contributed by atoms with Gasteiger partial charge in [0.2, 0.25) is 0 Å². The molecular formula is C17H17FO3. The molecule has 0 spiro atoms. The minimum absolute atomic E-state index is 0.108. The Labute approximate surface area is 122 Å². The lowest BCUT2D eigenvalue weighted by Crippen LogP contribution is -2.12. The maximum Gasteiger partial charge on any atom is 0.165 e. The Kier molecular flexibility index (Phi) is 3.80. The van der Waals surface area contributed by atoms with Gasteiger partial charge in [-0.25, -0.2) is 4.39 Å². The average molecular weight is 288 g/mol. The minimum atomic E-state index is -0.691. The van der Waals surface area contributed by atoms with Crippen LogP contribution in [0.4, 0.5) is 4.39 Å². The Morgan fingerprint density at radius 1 is 1.33 bits per heavy atom. The normalized spacial score (nSPS) is 18.0. The first-order valence-electron chi connectivity index (χ1n) is 6.97. The van der Waals surface area contributed by atoms with Gasteiger partial charge in [-0.3, -0.25) is 0 Å². The van der Waals surface area contributed by atoms with Gasteiger partial charge in [-0.05, 0) is 30.7 Å². The van der Waals surface area contributed by atoms with Gasteiger partial charge in [0.05, 0.1) is 25.2 Å². The van der Waals surface area contributed by atoms with Crippen LogP contribution < -0.4 is 9.47 Å². The molecule has 0 aromatic heterocycles. The fourth-order valence-electron chi connectivity index (χ4n) is 2.45. The molecule has 2 aromatic carbocycles. The largest absolute Gasteiger partial charge is 0.493 e. The third-order valence-corrected chi connectivity index (χ3v) is 3.68. The van der Waals surface area contributed by atoms with E-state index in [2.05, 4.69) is 0 Å². The standard InChI is InChI=1S/C17H17FO3/c1-11(19)12-6-7-17(15(18)8-12)21-10-13-9-20-16-5-3-2-4-14(13)16/h2-8,11,13,19H,9-10H2,1H3/t11-,13?/m1/s1. The van der Waals surface area contributed by atoms with Crippen molar-refractivity contribution in [2.45, 2.75) is 18.9 Å². The molecule has 0 bridgehead atoms. The molecule has 0 radical (unpaired) electrons. The van der Waals surface area contributed by atoms with Gasteiger partial charge in [0, 0.05) is 5.56 Å². The van der Waals surface area contributed by atoms with E-state index in [-0.39, 0.29) is 11.7 Å². The van der Waals surface area contributed by atoms with Crippen molar-refractivity contribution in [3.63, 3.8) is 0 Å². The third-order valence-electron chi connectivity index (χ3n) is 3.68. The summed E-state index contributed by atoms with van der Waals surface area (Å²) in [5.41, 5.74) is 1.63. The predicted molar refractivity (Wildman–Crippen MR) is 77.2 cm³/mol. The summed E-state index contributed by atoms with van der Waals surface area (Å²) < 4.78 is 25.1. The van der Waals surface area contributed by atoms with Crippen LogP contribution in [0.2, 0.25) is 0 Å². The van der Waals surface area contributed by atoms with Crippen molar-refractivity contribution in [2.75, 3.05) is 13.2 Å². The number of benzene rings is 2. The topological polar surface area (TPSA) is 38.7 Å². The van der Waals surface area contributed by atoms with Gasteiger partial charge in [0.25, 0.3) is 0 Å². The van der Waals surface area contributed by atoms with Crippen molar-refractivity contribution < 1.29 is 19.0 Å². The van der Waals surface area contributed by atoms with Crippen LogP contribution >= 0.6 is 0 Å². The molecule has 1 heterocycles. The van der Waals surface area contributed by atoms with E-state index in [1.807, 2.05) is 24.3 Å². The zero-order valence-electron chi connectivity index (χ0n) is 11.8. The van der Waals surface area contributed by atoms with Gasteiger partial charge in [0.15, 0.2) is 11.6 Å².